The van der Waals surface area contributed by atoms with Gasteiger partial charge in [-0.2, -0.15) is 0 Å². The molecule has 2 aromatic rings. The second kappa shape index (κ2) is 6.21. The first-order valence-corrected chi connectivity index (χ1v) is 7.13. The predicted molar refractivity (Wildman–Crippen MR) is 80.2 cm³/mol. The van der Waals surface area contributed by atoms with E-state index in [4.69, 9.17) is 22.4 Å². The molecule has 0 saturated carbocycles. The summed E-state index contributed by atoms with van der Waals surface area (Å²) >= 11 is 7.47. The number of thiazole rings is 1. The molecule has 0 aliphatic heterocycles. The van der Waals surface area contributed by atoms with Gasteiger partial charge in [-0.3, -0.25) is 4.79 Å². The fraction of sp³-hybridized carbons (Fsp3) is 0.231. The highest BCUT2D eigenvalue weighted by atomic mass is 35.5. The van der Waals surface area contributed by atoms with Crippen molar-refractivity contribution in [2.24, 2.45) is 5.73 Å². The highest BCUT2D eigenvalue weighted by Gasteiger charge is 2.19. The number of carbonyl (C=O) groups is 1. The minimum absolute atomic E-state index is 0.364. The summed E-state index contributed by atoms with van der Waals surface area (Å²) in [5.74, 6) is -1.09. The van der Waals surface area contributed by atoms with Gasteiger partial charge in [-0.05, 0) is 11.6 Å². The number of nitrogens with two attached hydrogens (primary N) is 1. The van der Waals surface area contributed by atoms with Crippen LogP contribution in [-0.2, 0) is 11.3 Å². The van der Waals surface area contributed by atoms with Crippen LogP contribution in [0.1, 0.15) is 17.3 Å². The Hall–Kier alpha value is -1.63. The van der Waals surface area contributed by atoms with Crippen LogP contribution in [0.2, 0.25) is 5.02 Å². The molecule has 1 atom stereocenters. The van der Waals surface area contributed by atoms with Gasteiger partial charge in [0, 0.05) is 24.0 Å². The first-order valence-electron chi connectivity index (χ1n) is 5.87. The third-order valence-electron chi connectivity index (χ3n) is 2.79. The van der Waals surface area contributed by atoms with Gasteiger partial charge in [-0.25, -0.2) is 4.98 Å². The lowest BCUT2D eigenvalue weighted by atomic mass is 10.2. The molecule has 2 rings (SSSR count). The van der Waals surface area contributed by atoms with E-state index in [1.165, 1.54) is 11.3 Å². The monoisotopic (exact) mass is 311 g/mol. The number of carboxylic acids is 1. The van der Waals surface area contributed by atoms with E-state index in [9.17, 15) is 4.79 Å². The molecule has 0 aliphatic carbocycles. The molecule has 5 nitrogen and oxygen atoms in total. The topological polar surface area (TPSA) is 79.5 Å². The molecule has 1 unspecified atom stereocenters. The van der Waals surface area contributed by atoms with Crippen LogP contribution in [-0.4, -0.2) is 23.1 Å². The molecular weight excluding hydrogens is 298 g/mol. The van der Waals surface area contributed by atoms with Crippen LogP contribution in [0.25, 0.3) is 0 Å². The summed E-state index contributed by atoms with van der Waals surface area (Å²) in [6, 6.07) is 6.48. The number of aromatic nitrogens is 1. The van der Waals surface area contributed by atoms with Crippen molar-refractivity contribution in [1.29, 1.82) is 0 Å². The third kappa shape index (κ3) is 3.27. The average Bonchev–Trinajstić information content (AvgIpc) is 2.90. The smallest absolute Gasteiger partial charge is 0.326 e. The van der Waals surface area contributed by atoms with E-state index in [2.05, 4.69) is 4.98 Å². The molecule has 0 radical (unpaired) electrons. The quantitative estimate of drug-likeness (QED) is 0.887. The summed E-state index contributed by atoms with van der Waals surface area (Å²) in [5.41, 5.74) is 6.88. The van der Waals surface area contributed by atoms with E-state index in [1.807, 2.05) is 36.2 Å². The van der Waals surface area contributed by atoms with Gasteiger partial charge >= 0.3 is 5.97 Å². The maximum absolute atomic E-state index is 10.8. The van der Waals surface area contributed by atoms with E-state index in [1.54, 1.807) is 5.38 Å². The van der Waals surface area contributed by atoms with Gasteiger partial charge in [0.05, 0.1) is 5.69 Å². The Labute approximate surface area is 125 Å². The molecule has 0 bridgehead atoms. The van der Waals surface area contributed by atoms with Gasteiger partial charge in [0.25, 0.3) is 0 Å². The summed E-state index contributed by atoms with van der Waals surface area (Å²) in [4.78, 5) is 17.0. The molecule has 106 valence electrons. The van der Waals surface area contributed by atoms with Gasteiger partial charge in [-0.1, -0.05) is 29.8 Å². The molecule has 0 fully saturated rings. The zero-order chi connectivity index (χ0) is 14.7. The molecule has 1 aromatic carbocycles. The summed E-state index contributed by atoms with van der Waals surface area (Å²) < 4.78 is 0. The second-order valence-electron chi connectivity index (χ2n) is 4.32. The summed E-state index contributed by atoms with van der Waals surface area (Å²) in [7, 11) is 1.87. The average molecular weight is 312 g/mol. The Kier molecular flexibility index (Phi) is 4.59. The van der Waals surface area contributed by atoms with Crippen molar-refractivity contribution in [3.05, 3.63) is 45.9 Å². The van der Waals surface area contributed by atoms with Gasteiger partial charge in [0.1, 0.15) is 6.04 Å². The van der Waals surface area contributed by atoms with Crippen LogP contribution >= 0.6 is 22.9 Å². The summed E-state index contributed by atoms with van der Waals surface area (Å²) in [5, 5.41) is 11.9. The van der Waals surface area contributed by atoms with Crippen molar-refractivity contribution >= 4 is 34.0 Å². The van der Waals surface area contributed by atoms with Crippen LogP contribution in [0.4, 0.5) is 5.13 Å². The molecule has 3 N–H and O–H groups in total. The lowest BCUT2D eigenvalue weighted by molar-refractivity contribution is -0.138. The molecule has 7 heteroatoms. The van der Waals surface area contributed by atoms with Crippen LogP contribution in [0.15, 0.2) is 29.6 Å². The molecule has 0 spiro atoms. The Morgan fingerprint density at radius 1 is 1.55 bits per heavy atom. The first kappa shape index (κ1) is 14.8. The van der Waals surface area contributed by atoms with Gasteiger partial charge in [-0.15, -0.1) is 11.3 Å². The first-order chi connectivity index (χ1) is 9.49. The lowest BCUT2D eigenvalue weighted by Gasteiger charge is -2.16. The van der Waals surface area contributed by atoms with Crippen molar-refractivity contribution in [2.75, 3.05) is 11.9 Å². The van der Waals surface area contributed by atoms with Crippen molar-refractivity contribution < 1.29 is 9.90 Å². The molecule has 1 heterocycles. The van der Waals surface area contributed by atoms with Crippen LogP contribution in [0.5, 0.6) is 0 Å². The van der Waals surface area contributed by atoms with Gasteiger partial charge in [0.15, 0.2) is 5.13 Å². The zero-order valence-corrected chi connectivity index (χ0v) is 12.4. The molecular formula is C13H14ClN3O2S. The molecule has 20 heavy (non-hydrogen) atoms. The van der Waals surface area contributed by atoms with E-state index in [-0.39, 0.29) is 0 Å². The number of hydrogen-bond donors (Lipinski definition) is 2. The van der Waals surface area contributed by atoms with Crippen molar-refractivity contribution in [3.8, 4) is 0 Å². The number of aliphatic carboxylic acids is 1. The van der Waals surface area contributed by atoms with Crippen LogP contribution in [0.3, 0.4) is 0 Å². The van der Waals surface area contributed by atoms with E-state index in [0.29, 0.717) is 22.4 Å². The van der Waals surface area contributed by atoms with E-state index >= 15 is 0 Å². The molecule has 1 aromatic heterocycles. The Morgan fingerprint density at radius 3 is 2.90 bits per heavy atom. The Morgan fingerprint density at radius 2 is 2.25 bits per heavy atom. The predicted octanol–water partition coefficient (Wildman–Crippen LogP) is 2.52. The zero-order valence-electron chi connectivity index (χ0n) is 10.8. The number of rotatable bonds is 5. The van der Waals surface area contributed by atoms with Crippen LogP contribution in [0, 0.1) is 0 Å². The highest BCUT2D eigenvalue weighted by molar-refractivity contribution is 7.13. The van der Waals surface area contributed by atoms with Gasteiger partial charge < -0.3 is 15.7 Å². The maximum Gasteiger partial charge on any atom is 0.326 e. The van der Waals surface area contributed by atoms with E-state index < -0.39 is 12.0 Å². The maximum atomic E-state index is 10.8. The second-order valence-corrected chi connectivity index (χ2v) is 5.56. The summed E-state index contributed by atoms with van der Waals surface area (Å²) in [6.07, 6.45) is 0. The lowest BCUT2D eigenvalue weighted by Crippen LogP contribution is -2.21. The van der Waals surface area contributed by atoms with Gasteiger partial charge in [0.2, 0.25) is 0 Å². The number of nitrogens with zero attached hydrogens (tertiary/aromatic N) is 2. The molecule has 0 amide bonds. The largest absolute Gasteiger partial charge is 0.480 e. The number of anilines is 1. The summed E-state index contributed by atoms with van der Waals surface area (Å²) in [6.45, 7) is 0.592. The Bertz CT molecular complexity index is 617. The number of halogens is 1. The van der Waals surface area contributed by atoms with E-state index in [0.717, 1.165) is 5.56 Å². The van der Waals surface area contributed by atoms with Crippen molar-refractivity contribution in [3.63, 3.8) is 0 Å². The molecule has 0 aliphatic rings. The van der Waals surface area contributed by atoms with Crippen molar-refractivity contribution in [2.45, 2.75) is 12.6 Å². The SMILES string of the molecule is CN(Cc1ccccc1Cl)c1nc(C(N)C(=O)O)cs1. The highest BCUT2D eigenvalue weighted by Crippen LogP contribution is 2.25. The minimum Gasteiger partial charge on any atom is -0.480 e. The Balaban J connectivity index is 2.12. The fourth-order valence-corrected chi connectivity index (χ4v) is 2.69. The van der Waals surface area contributed by atoms with Crippen molar-refractivity contribution in [1.82, 2.24) is 4.98 Å². The number of benzene rings is 1. The number of hydrogen-bond acceptors (Lipinski definition) is 5. The third-order valence-corrected chi connectivity index (χ3v) is 4.13. The minimum atomic E-state index is -1.09. The standard InChI is InChI=1S/C13H14ClN3O2S/c1-17(6-8-4-2-3-5-9(8)14)13-16-10(7-20-13)11(15)12(18)19/h2-5,7,11H,6,15H2,1H3,(H,18,19). The fourth-order valence-electron chi connectivity index (χ4n) is 1.67. The normalized spacial score (nSPS) is 12.2. The van der Waals surface area contributed by atoms with Crippen LogP contribution < -0.4 is 10.6 Å². The number of carboxylic acid groups (broad SMARTS) is 1. The molecule has 0 saturated heterocycles.